The van der Waals surface area contributed by atoms with Crippen LogP contribution in [-0.2, 0) is 9.53 Å². The van der Waals surface area contributed by atoms with Crippen LogP contribution in [0.1, 0.15) is 27.2 Å². The molecular formula is C10H20N2O3. The number of Topliss-reactive ketones (excluding diaryl/α,β-unsaturated/α-hetero) is 1. The zero-order chi connectivity index (χ0) is 12.1. The molecule has 0 aliphatic heterocycles. The number of amides is 1. The van der Waals surface area contributed by atoms with Gasteiger partial charge in [0, 0.05) is 20.0 Å². The van der Waals surface area contributed by atoms with Gasteiger partial charge in [-0.3, -0.25) is 4.79 Å². The first kappa shape index (κ1) is 13.9. The molecule has 1 amide bonds. The van der Waals surface area contributed by atoms with Gasteiger partial charge in [-0.1, -0.05) is 0 Å². The van der Waals surface area contributed by atoms with Crippen molar-refractivity contribution in [3.8, 4) is 0 Å². The van der Waals surface area contributed by atoms with Gasteiger partial charge in [0.2, 0.25) is 0 Å². The molecule has 88 valence electrons. The van der Waals surface area contributed by atoms with Crippen molar-refractivity contribution in [2.75, 3.05) is 20.1 Å². The molecule has 0 spiro atoms. The number of nitrogens with zero attached hydrogens (tertiary/aromatic N) is 1. The van der Waals surface area contributed by atoms with E-state index in [1.807, 2.05) is 0 Å². The summed E-state index contributed by atoms with van der Waals surface area (Å²) in [6.45, 7) is 5.74. The van der Waals surface area contributed by atoms with Gasteiger partial charge in [-0.05, 0) is 20.8 Å². The fourth-order valence-corrected chi connectivity index (χ4v) is 0.826. The number of nitrogens with two attached hydrogens (primary N) is 1. The molecule has 0 saturated carbocycles. The van der Waals surface area contributed by atoms with E-state index in [1.54, 1.807) is 27.8 Å². The molecule has 0 aliphatic rings. The highest BCUT2D eigenvalue weighted by molar-refractivity contribution is 5.80. The van der Waals surface area contributed by atoms with Gasteiger partial charge in [0.25, 0.3) is 0 Å². The molecule has 0 radical (unpaired) electrons. The summed E-state index contributed by atoms with van der Waals surface area (Å²) in [5, 5.41) is 0. The van der Waals surface area contributed by atoms with Crippen molar-refractivity contribution in [2.24, 2.45) is 5.73 Å². The van der Waals surface area contributed by atoms with Crippen molar-refractivity contribution in [3.63, 3.8) is 0 Å². The normalized spacial score (nSPS) is 11.0. The van der Waals surface area contributed by atoms with Crippen LogP contribution in [0, 0.1) is 0 Å². The van der Waals surface area contributed by atoms with E-state index in [1.165, 1.54) is 4.90 Å². The van der Waals surface area contributed by atoms with Gasteiger partial charge in [-0.2, -0.15) is 0 Å². The Morgan fingerprint density at radius 1 is 1.33 bits per heavy atom. The standard InChI is InChI=1S/C10H20N2O3/c1-10(2,3)15-9(14)12(4)6-5-8(13)7-11/h5-7,11H2,1-4H3. The van der Waals surface area contributed by atoms with E-state index in [0.29, 0.717) is 6.54 Å². The second-order valence-electron chi connectivity index (χ2n) is 4.39. The molecule has 0 bridgehead atoms. The predicted molar refractivity (Wildman–Crippen MR) is 57.5 cm³/mol. The minimum Gasteiger partial charge on any atom is -0.444 e. The molecule has 0 rings (SSSR count). The van der Waals surface area contributed by atoms with Crippen molar-refractivity contribution in [3.05, 3.63) is 0 Å². The fraction of sp³-hybridized carbons (Fsp3) is 0.800. The van der Waals surface area contributed by atoms with Crippen molar-refractivity contribution < 1.29 is 14.3 Å². The van der Waals surface area contributed by atoms with Crippen molar-refractivity contribution >= 4 is 11.9 Å². The van der Waals surface area contributed by atoms with Gasteiger partial charge in [-0.15, -0.1) is 0 Å². The second kappa shape index (κ2) is 5.70. The lowest BCUT2D eigenvalue weighted by Gasteiger charge is -2.24. The molecule has 0 saturated heterocycles. The van der Waals surface area contributed by atoms with Crippen LogP contribution in [0.5, 0.6) is 0 Å². The Hall–Kier alpha value is -1.10. The molecule has 5 nitrogen and oxygen atoms in total. The minimum absolute atomic E-state index is 0.0160. The van der Waals surface area contributed by atoms with Gasteiger partial charge in [-0.25, -0.2) is 4.79 Å². The third kappa shape index (κ3) is 6.90. The molecule has 0 aliphatic carbocycles. The lowest BCUT2D eigenvalue weighted by atomic mass is 10.2. The Labute approximate surface area is 90.6 Å². The van der Waals surface area contributed by atoms with E-state index in [9.17, 15) is 9.59 Å². The Morgan fingerprint density at radius 2 is 1.87 bits per heavy atom. The first-order valence-electron chi connectivity index (χ1n) is 4.92. The summed E-state index contributed by atoms with van der Waals surface area (Å²) in [4.78, 5) is 23.7. The van der Waals surface area contributed by atoms with Crippen LogP contribution in [0.2, 0.25) is 0 Å². The SMILES string of the molecule is CN(CCC(=O)CN)C(=O)OC(C)(C)C. The highest BCUT2D eigenvalue weighted by Crippen LogP contribution is 2.09. The number of rotatable bonds is 4. The average molecular weight is 216 g/mol. The lowest BCUT2D eigenvalue weighted by Crippen LogP contribution is -2.35. The van der Waals surface area contributed by atoms with Gasteiger partial charge >= 0.3 is 6.09 Å². The molecule has 0 aromatic heterocycles. The van der Waals surface area contributed by atoms with E-state index in [2.05, 4.69) is 0 Å². The van der Waals surface area contributed by atoms with Crippen molar-refractivity contribution in [1.29, 1.82) is 0 Å². The van der Waals surface area contributed by atoms with E-state index in [4.69, 9.17) is 10.5 Å². The Balaban J connectivity index is 3.95. The van der Waals surface area contributed by atoms with Crippen LogP contribution in [0.4, 0.5) is 4.79 Å². The van der Waals surface area contributed by atoms with Crippen LogP contribution < -0.4 is 5.73 Å². The summed E-state index contributed by atoms with van der Waals surface area (Å²) in [6, 6.07) is 0. The van der Waals surface area contributed by atoms with Crippen LogP contribution >= 0.6 is 0 Å². The van der Waals surface area contributed by atoms with E-state index >= 15 is 0 Å². The highest BCUT2D eigenvalue weighted by atomic mass is 16.6. The van der Waals surface area contributed by atoms with Crippen LogP contribution in [0.15, 0.2) is 0 Å². The largest absolute Gasteiger partial charge is 0.444 e. The smallest absolute Gasteiger partial charge is 0.410 e. The maximum atomic E-state index is 11.4. The second-order valence-corrected chi connectivity index (χ2v) is 4.39. The third-order valence-electron chi connectivity index (χ3n) is 1.66. The first-order chi connectivity index (χ1) is 6.76. The van der Waals surface area contributed by atoms with E-state index < -0.39 is 11.7 Å². The van der Waals surface area contributed by atoms with Crippen molar-refractivity contribution in [1.82, 2.24) is 4.90 Å². The van der Waals surface area contributed by atoms with Crippen LogP contribution in [0.25, 0.3) is 0 Å². The summed E-state index contributed by atoms with van der Waals surface area (Å²) in [5.41, 5.74) is 4.64. The summed E-state index contributed by atoms with van der Waals surface area (Å²) >= 11 is 0. The summed E-state index contributed by atoms with van der Waals surface area (Å²) in [7, 11) is 1.60. The lowest BCUT2D eigenvalue weighted by molar-refractivity contribution is -0.117. The number of ether oxygens (including phenoxy) is 1. The Kier molecular flexibility index (Phi) is 5.28. The molecule has 2 N–H and O–H groups in total. The van der Waals surface area contributed by atoms with Gasteiger partial charge in [0.15, 0.2) is 0 Å². The zero-order valence-electron chi connectivity index (χ0n) is 9.87. The quantitative estimate of drug-likeness (QED) is 0.753. The molecule has 0 heterocycles. The molecular weight excluding hydrogens is 196 g/mol. The maximum absolute atomic E-state index is 11.4. The van der Waals surface area contributed by atoms with Gasteiger partial charge in [0.1, 0.15) is 11.4 Å². The Morgan fingerprint density at radius 3 is 2.27 bits per heavy atom. The summed E-state index contributed by atoms with van der Waals surface area (Å²) in [6.07, 6.45) is -0.154. The first-order valence-corrected chi connectivity index (χ1v) is 4.92. The molecule has 0 fully saturated rings. The Bertz CT molecular complexity index is 233. The zero-order valence-corrected chi connectivity index (χ0v) is 9.87. The highest BCUT2D eigenvalue weighted by Gasteiger charge is 2.19. The maximum Gasteiger partial charge on any atom is 0.410 e. The number of ketones is 1. The molecule has 0 atom stereocenters. The molecule has 0 unspecified atom stereocenters. The predicted octanol–water partition coefficient (Wildman–Crippen LogP) is 0.771. The number of hydrogen-bond donors (Lipinski definition) is 1. The van der Waals surface area contributed by atoms with E-state index in [0.717, 1.165) is 0 Å². The van der Waals surface area contributed by atoms with E-state index in [-0.39, 0.29) is 18.7 Å². The summed E-state index contributed by atoms with van der Waals surface area (Å²) in [5.74, 6) is -0.0644. The number of hydrogen-bond acceptors (Lipinski definition) is 4. The van der Waals surface area contributed by atoms with Crippen LogP contribution in [0.3, 0.4) is 0 Å². The minimum atomic E-state index is -0.511. The van der Waals surface area contributed by atoms with Crippen molar-refractivity contribution in [2.45, 2.75) is 32.8 Å². The molecule has 15 heavy (non-hydrogen) atoms. The number of carbonyl (C=O) groups excluding carboxylic acids is 2. The average Bonchev–Trinajstić information content (AvgIpc) is 2.10. The van der Waals surface area contributed by atoms with Gasteiger partial charge in [0.05, 0.1) is 6.54 Å². The topological polar surface area (TPSA) is 72.6 Å². The molecule has 0 aromatic carbocycles. The number of carbonyl (C=O) groups is 2. The van der Waals surface area contributed by atoms with Crippen LogP contribution in [-0.4, -0.2) is 42.5 Å². The van der Waals surface area contributed by atoms with Gasteiger partial charge < -0.3 is 15.4 Å². The fourth-order valence-electron chi connectivity index (χ4n) is 0.826. The summed E-state index contributed by atoms with van der Waals surface area (Å²) < 4.78 is 5.11. The monoisotopic (exact) mass is 216 g/mol. The third-order valence-corrected chi connectivity index (χ3v) is 1.66. The molecule has 5 heteroatoms. The molecule has 0 aromatic rings.